The molecular formula is C60H115NO5. The number of carbonyl (C=O) groups is 2. The van der Waals surface area contributed by atoms with E-state index in [1.54, 1.807) is 0 Å². The van der Waals surface area contributed by atoms with Gasteiger partial charge in [-0.2, -0.15) is 0 Å². The van der Waals surface area contributed by atoms with Crippen molar-refractivity contribution >= 4 is 11.9 Å². The van der Waals surface area contributed by atoms with E-state index in [-0.39, 0.29) is 18.5 Å². The summed E-state index contributed by atoms with van der Waals surface area (Å²) < 4.78 is 5.47. The van der Waals surface area contributed by atoms with Gasteiger partial charge in [0.1, 0.15) is 0 Å². The van der Waals surface area contributed by atoms with Gasteiger partial charge in [-0.1, -0.05) is 256 Å². The minimum atomic E-state index is -0.674. The molecule has 0 aromatic carbocycles. The molecule has 2 atom stereocenters. The van der Waals surface area contributed by atoms with Crippen LogP contribution in [-0.2, 0) is 14.3 Å². The minimum absolute atomic E-state index is 0.0125. The normalized spacial score (nSPS) is 12.7. The second-order valence-corrected chi connectivity index (χ2v) is 20.3. The molecule has 0 fully saturated rings. The van der Waals surface area contributed by atoms with Gasteiger partial charge in [0.2, 0.25) is 5.91 Å². The number of aliphatic hydroxyl groups is 2. The number of rotatable bonds is 55. The lowest BCUT2D eigenvalue weighted by Crippen LogP contribution is -2.45. The van der Waals surface area contributed by atoms with E-state index in [1.807, 2.05) is 0 Å². The number of carbonyl (C=O) groups excluding carboxylic acids is 2. The van der Waals surface area contributed by atoms with E-state index in [9.17, 15) is 19.8 Å². The molecule has 0 aliphatic rings. The fourth-order valence-electron chi connectivity index (χ4n) is 9.16. The molecular weight excluding hydrogens is 815 g/mol. The van der Waals surface area contributed by atoms with Gasteiger partial charge < -0.3 is 20.3 Å². The summed E-state index contributed by atoms with van der Waals surface area (Å²) >= 11 is 0. The van der Waals surface area contributed by atoms with Crippen LogP contribution in [0.25, 0.3) is 0 Å². The molecule has 66 heavy (non-hydrogen) atoms. The second kappa shape index (κ2) is 55.9. The predicted molar refractivity (Wildman–Crippen MR) is 287 cm³/mol. The summed E-state index contributed by atoms with van der Waals surface area (Å²) in [6.07, 6.45) is 67.4. The van der Waals surface area contributed by atoms with Crippen molar-refractivity contribution in [1.82, 2.24) is 5.32 Å². The van der Waals surface area contributed by atoms with Crippen LogP contribution in [0.3, 0.4) is 0 Å². The van der Waals surface area contributed by atoms with Crippen LogP contribution in [0, 0.1) is 0 Å². The maximum absolute atomic E-state index is 12.5. The zero-order valence-corrected chi connectivity index (χ0v) is 44.4. The molecule has 0 aliphatic carbocycles. The Kier molecular flexibility index (Phi) is 54.5. The molecule has 1 amide bonds. The van der Waals surface area contributed by atoms with E-state index in [4.69, 9.17) is 4.74 Å². The topological polar surface area (TPSA) is 95.9 Å². The number of ether oxygens (including phenoxy) is 1. The van der Waals surface area contributed by atoms with E-state index in [2.05, 4.69) is 43.5 Å². The molecule has 0 aromatic heterocycles. The molecule has 0 rings (SSSR count). The highest BCUT2D eigenvalue weighted by atomic mass is 16.5. The van der Waals surface area contributed by atoms with Crippen molar-refractivity contribution in [2.24, 2.45) is 0 Å². The minimum Gasteiger partial charge on any atom is -0.466 e. The van der Waals surface area contributed by atoms with Crippen LogP contribution in [-0.4, -0.2) is 47.4 Å². The maximum atomic E-state index is 12.5. The first-order valence-corrected chi connectivity index (χ1v) is 29.6. The monoisotopic (exact) mass is 930 g/mol. The molecule has 0 saturated heterocycles. The van der Waals surface area contributed by atoms with Crippen LogP contribution >= 0.6 is 0 Å². The van der Waals surface area contributed by atoms with Crippen molar-refractivity contribution in [3.8, 4) is 0 Å². The van der Waals surface area contributed by atoms with Crippen LogP contribution in [0.15, 0.2) is 24.3 Å². The summed E-state index contributed by atoms with van der Waals surface area (Å²) in [5.41, 5.74) is 0. The van der Waals surface area contributed by atoms with E-state index in [0.717, 1.165) is 70.6 Å². The smallest absolute Gasteiger partial charge is 0.305 e. The Labute approximate surface area is 411 Å². The molecule has 6 nitrogen and oxygen atoms in total. The Morgan fingerprint density at radius 3 is 1.08 bits per heavy atom. The molecule has 0 aliphatic heterocycles. The summed E-state index contributed by atoms with van der Waals surface area (Å²) in [5.74, 6) is -0.0611. The number of aliphatic hydroxyl groups excluding tert-OH is 2. The van der Waals surface area contributed by atoms with E-state index >= 15 is 0 Å². The average Bonchev–Trinajstić information content (AvgIpc) is 3.32. The predicted octanol–water partition coefficient (Wildman–Crippen LogP) is 18.2. The lowest BCUT2D eigenvalue weighted by atomic mass is 10.0. The van der Waals surface area contributed by atoms with Crippen molar-refractivity contribution in [1.29, 1.82) is 0 Å². The number of unbranched alkanes of at least 4 members (excludes halogenated alkanes) is 40. The van der Waals surface area contributed by atoms with Gasteiger partial charge in [0.25, 0.3) is 0 Å². The highest BCUT2D eigenvalue weighted by molar-refractivity contribution is 5.76. The summed E-state index contributed by atoms with van der Waals surface area (Å²) in [5, 5.41) is 23.3. The van der Waals surface area contributed by atoms with Gasteiger partial charge in [0, 0.05) is 12.8 Å². The first-order chi connectivity index (χ1) is 32.5. The number of allylic oxidation sites excluding steroid dienone is 4. The Balaban J connectivity index is 3.46. The lowest BCUT2D eigenvalue weighted by molar-refractivity contribution is -0.143. The Bertz CT molecular complexity index is 1030. The fraction of sp³-hybridized carbons (Fsp3) is 0.900. The van der Waals surface area contributed by atoms with Gasteiger partial charge >= 0.3 is 5.97 Å². The van der Waals surface area contributed by atoms with Crippen LogP contribution in [0.1, 0.15) is 322 Å². The summed E-state index contributed by atoms with van der Waals surface area (Å²) in [4.78, 5) is 24.6. The van der Waals surface area contributed by atoms with Crippen molar-refractivity contribution < 1.29 is 24.5 Å². The van der Waals surface area contributed by atoms with Crippen LogP contribution in [0.4, 0.5) is 0 Å². The number of amides is 1. The number of esters is 1. The third-order valence-electron chi connectivity index (χ3n) is 13.7. The number of hydrogen-bond acceptors (Lipinski definition) is 5. The third kappa shape index (κ3) is 51.7. The van der Waals surface area contributed by atoms with Gasteiger partial charge in [-0.05, 0) is 77.0 Å². The standard InChI is InChI=1S/C60H115NO5/c1-3-5-7-9-11-13-15-17-19-21-22-26-30-34-38-42-46-50-54-60(65)66-55-51-47-43-39-35-31-27-23-25-29-33-37-41-45-49-53-59(64)61-57(56-62)58(63)52-48-44-40-36-32-28-24-20-18-16-14-12-10-8-6-4-2/h19,21,27,31,57-58,62-63H,3-18,20,22-26,28-30,32-56H2,1-2H3,(H,61,64)/b21-19-,31-27-. The van der Waals surface area contributed by atoms with E-state index in [1.165, 1.54) is 218 Å². The summed E-state index contributed by atoms with van der Waals surface area (Å²) in [6, 6.07) is -0.553. The molecule has 0 radical (unpaired) electrons. The summed E-state index contributed by atoms with van der Waals surface area (Å²) in [6.45, 7) is 4.93. The third-order valence-corrected chi connectivity index (χ3v) is 13.7. The zero-order valence-electron chi connectivity index (χ0n) is 44.4. The van der Waals surface area contributed by atoms with Gasteiger partial charge in [0.15, 0.2) is 0 Å². The van der Waals surface area contributed by atoms with Crippen molar-refractivity contribution in [3.63, 3.8) is 0 Å². The first kappa shape index (κ1) is 64.3. The molecule has 0 bridgehead atoms. The molecule has 0 heterocycles. The molecule has 3 N–H and O–H groups in total. The number of hydrogen-bond donors (Lipinski definition) is 3. The molecule has 0 saturated carbocycles. The van der Waals surface area contributed by atoms with E-state index < -0.39 is 12.1 Å². The Hall–Kier alpha value is -1.66. The fourth-order valence-corrected chi connectivity index (χ4v) is 9.16. The largest absolute Gasteiger partial charge is 0.466 e. The average molecular weight is 931 g/mol. The van der Waals surface area contributed by atoms with Crippen molar-refractivity contribution in [3.05, 3.63) is 24.3 Å². The van der Waals surface area contributed by atoms with Crippen LogP contribution < -0.4 is 5.32 Å². The highest BCUT2D eigenvalue weighted by Crippen LogP contribution is 2.17. The van der Waals surface area contributed by atoms with Crippen molar-refractivity contribution in [2.45, 2.75) is 334 Å². The Morgan fingerprint density at radius 1 is 0.409 bits per heavy atom. The quantitative estimate of drug-likeness (QED) is 0.0321. The molecule has 390 valence electrons. The second-order valence-electron chi connectivity index (χ2n) is 20.3. The molecule has 2 unspecified atom stereocenters. The SMILES string of the molecule is CCCCCCCCC/C=C\CCCCCCCCCC(=O)OCCCCCC/C=C\CCCCCCCCCC(=O)NC(CO)C(O)CCCCCCCCCCCCCCCCCC. The van der Waals surface area contributed by atoms with E-state index in [0.29, 0.717) is 25.9 Å². The maximum Gasteiger partial charge on any atom is 0.305 e. The van der Waals surface area contributed by atoms with Crippen molar-refractivity contribution in [2.75, 3.05) is 13.2 Å². The van der Waals surface area contributed by atoms with Gasteiger partial charge in [-0.25, -0.2) is 0 Å². The molecule has 0 spiro atoms. The summed E-state index contributed by atoms with van der Waals surface area (Å²) in [7, 11) is 0. The molecule has 0 aromatic rings. The first-order valence-electron chi connectivity index (χ1n) is 29.6. The van der Waals surface area contributed by atoms with Gasteiger partial charge in [-0.3, -0.25) is 9.59 Å². The zero-order chi connectivity index (χ0) is 47.9. The molecule has 6 heteroatoms. The number of nitrogens with one attached hydrogen (secondary N) is 1. The van der Waals surface area contributed by atoms with Crippen LogP contribution in [0.5, 0.6) is 0 Å². The highest BCUT2D eigenvalue weighted by Gasteiger charge is 2.20. The van der Waals surface area contributed by atoms with Crippen LogP contribution in [0.2, 0.25) is 0 Å². The Morgan fingerprint density at radius 2 is 0.712 bits per heavy atom. The van der Waals surface area contributed by atoms with Gasteiger partial charge in [-0.15, -0.1) is 0 Å². The van der Waals surface area contributed by atoms with Gasteiger partial charge in [0.05, 0.1) is 25.4 Å². The lowest BCUT2D eigenvalue weighted by Gasteiger charge is -2.22.